The maximum absolute atomic E-state index is 12.0. The molecule has 1 aromatic carbocycles. The van der Waals surface area contributed by atoms with E-state index >= 15 is 0 Å². The van der Waals surface area contributed by atoms with Crippen molar-refractivity contribution < 1.29 is 14.1 Å². The number of anilines is 1. The number of halogens is 2. The highest BCUT2D eigenvalue weighted by Crippen LogP contribution is 2.36. The zero-order chi connectivity index (χ0) is 15.9. The SMILES string of the molecule is O=C(Nc1nc2c(Cl)ccc(Cl)c2s1)c1ccc([N+](=O)[O-])o1. The summed E-state index contributed by atoms with van der Waals surface area (Å²) in [4.78, 5) is 25.9. The number of thiazole rings is 1. The molecule has 0 atom stereocenters. The first-order valence-corrected chi connectivity index (χ1v) is 7.33. The van der Waals surface area contributed by atoms with Crippen molar-refractivity contribution in [2.45, 2.75) is 0 Å². The second kappa shape index (κ2) is 5.56. The third-order valence-electron chi connectivity index (χ3n) is 2.66. The lowest BCUT2D eigenvalue weighted by atomic mass is 10.3. The van der Waals surface area contributed by atoms with E-state index < -0.39 is 16.7 Å². The number of nitro groups is 1. The molecule has 0 bridgehead atoms. The van der Waals surface area contributed by atoms with Gasteiger partial charge in [0.2, 0.25) is 0 Å². The van der Waals surface area contributed by atoms with E-state index in [0.717, 1.165) is 17.4 Å². The maximum atomic E-state index is 12.0. The third kappa shape index (κ3) is 2.63. The summed E-state index contributed by atoms with van der Waals surface area (Å²) < 4.78 is 5.45. The van der Waals surface area contributed by atoms with Gasteiger partial charge in [0.15, 0.2) is 10.9 Å². The zero-order valence-corrected chi connectivity index (χ0v) is 12.8. The van der Waals surface area contributed by atoms with Gasteiger partial charge >= 0.3 is 5.88 Å². The van der Waals surface area contributed by atoms with Crippen molar-refractivity contribution in [1.29, 1.82) is 0 Å². The van der Waals surface area contributed by atoms with Crippen LogP contribution in [0.5, 0.6) is 0 Å². The number of fused-ring (bicyclic) bond motifs is 1. The molecule has 0 aliphatic heterocycles. The van der Waals surface area contributed by atoms with Crippen molar-refractivity contribution in [2.75, 3.05) is 5.32 Å². The number of nitrogens with zero attached hydrogens (tertiary/aromatic N) is 2. The van der Waals surface area contributed by atoms with Gasteiger partial charge in [0.25, 0.3) is 5.91 Å². The molecule has 10 heteroatoms. The van der Waals surface area contributed by atoms with Gasteiger partial charge in [-0.3, -0.25) is 20.2 Å². The Hall–Kier alpha value is -2.16. The normalized spacial score (nSPS) is 10.8. The average molecular weight is 358 g/mol. The van der Waals surface area contributed by atoms with Crippen molar-refractivity contribution in [3.63, 3.8) is 0 Å². The second-order valence-electron chi connectivity index (χ2n) is 4.08. The number of aromatic nitrogens is 1. The Bertz CT molecular complexity index is 866. The van der Waals surface area contributed by atoms with E-state index in [9.17, 15) is 14.9 Å². The number of carbonyl (C=O) groups excluding carboxylic acids is 1. The molecular formula is C12H5Cl2N3O4S. The topological polar surface area (TPSA) is 98.3 Å². The summed E-state index contributed by atoms with van der Waals surface area (Å²) in [5, 5.41) is 14.1. The van der Waals surface area contributed by atoms with E-state index in [4.69, 9.17) is 27.6 Å². The van der Waals surface area contributed by atoms with Gasteiger partial charge < -0.3 is 4.42 Å². The summed E-state index contributed by atoms with van der Waals surface area (Å²) >= 11 is 13.2. The van der Waals surface area contributed by atoms with Gasteiger partial charge in [0, 0.05) is 0 Å². The summed E-state index contributed by atoms with van der Waals surface area (Å²) in [5.41, 5.74) is 0.472. The highest BCUT2D eigenvalue weighted by atomic mass is 35.5. The summed E-state index contributed by atoms with van der Waals surface area (Å²) in [7, 11) is 0. The molecule has 0 fully saturated rings. The molecule has 0 aliphatic carbocycles. The molecule has 1 N–H and O–H groups in total. The first kappa shape index (κ1) is 14.8. The number of carbonyl (C=O) groups is 1. The minimum absolute atomic E-state index is 0.192. The molecule has 2 heterocycles. The lowest BCUT2D eigenvalue weighted by Gasteiger charge is -1.96. The summed E-state index contributed by atoms with van der Waals surface area (Å²) in [5.74, 6) is -1.36. The maximum Gasteiger partial charge on any atom is 0.433 e. The lowest BCUT2D eigenvalue weighted by molar-refractivity contribution is -0.402. The Balaban J connectivity index is 1.89. The smallest absolute Gasteiger partial charge is 0.395 e. The number of hydrogen-bond donors (Lipinski definition) is 1. The van der Waals surface area contributed by atoms with Gasteiger partial charge in [-0.2, -0.15) is 0 Å². The van der Waals surface area contributed by atoms with Crippen molar-refractivity contribution in [1.82, 2.24) is 4.98 Å². The van der Waals surface area contributed by atoms with Crippen LogP contribution in [-0.2, 0) is 0 Å². The van der Waals surface area contributed by atoms with E-state index in [1.54, 1.807) is 12.1 Å². The van der Waals surface area contributed by atoms with Crippen LogP contribution in [-0.4, -0.2) is 15.8 Å². The molecule has 0 unspecified atom stereocenters. The minimum Gasteiger partial charge on any atom is -0.395 e. The van der Waals surface area contributed by atoms with Gasteiger partial charge in [-0.05, 0) is 18.2 Å². The fraction of sp³-hybridized carbons (Fsp3) is 0. The highest BCUT2D eigenvalue weighted by Gasteiger charge is 2.19. The Morgan fingerprint density at radius 3 is 2.64 bits per heavy atom. The average Bonchev–Trinajstić information content (AvgIpc) is 3.10. The number of amides is 1. The number of furan rings is 1. The second-order valence-corrected chi connectivity index (χ2v) is 5.89. The third-order valence-corrected chi connectivity index (χ3v) is 4.40. The summed E-state index contributed by atoms with van der Waals surface area (Å²) in [6.45, 7) is 0. The molecule has 3 aromatic rings. The fourth-order valence-corrected chi connectivity index (χ4v) is 3.12. The molecule has 0 spiro atoms. The van der Waals surface area contributed by atoms with Crippen LogP contribution in [0.15, 0.2) is 28.7 Å². The molecule has 112 valence electrons. The number of rotatable bonds is 3. The Morgan fingerprint density at radius 1 is 1.27 bits per heavy atom. The molecule has 22 heavy (non-hydrogen) atoms. The van der Waals surface area contributed by atoms with Crippen molar-refractivity contribution in [3.8, 4) is 0 Å². The van der Waals surface area contributed by atoms with Crippen LogP contribution in [0.2, 0.25) is 10.0 Å². The van der Waals surface area contributed by atoms with Crippen LogP contribution >= 0.6 is 34.5 Å². The van der Waals surface area contributed by atoms with Gasteiger partial charge in [-0.25, -0.2) is 4.98 Å². The summed E-state index contributed by atoms with van der Waals surface area (Å²) in [6.07, 6.45) is 0. The van der Waals surface area contributed by atoms with E-state index in [2.05, 4.69) is 10.3 Å². The first-order valence-electron chi connectivity index (χ1n) is 5.76. The van der Waals surface area contributed by atoms with Crippen LogP contribution in [0.3, 0.4) is 0 Å². The van der Waals surface area contributed by atoms with Crippen molar-refractivity contribution >= 4 is 61.7 Å². The quantitative estimate of drug-likeness (QED) is 0.554. The van der Waals surface area contributed by atoms with Crippen molar-refractivity contribution in [2.24, 2.45) is 0 Å². The van der Waals surface area contributed by atoms with Gasteiger partial charge in [-0.15, -0.1) is 0 Å². The monoisotopic (exact) mass is 357 g/mol. The van der Waals surface area contributed by atoms with Gasteiger partial charge in [0.1, 0.15) is 10.4 Å². The molecule has 0 aliphatic rings. The Morgan fingerprint density at radius 2 is 2.00 bits per heavy atom. The number of nitrogens with one attached hydrogen (secondary N) is 1. The number of benzene rings is 1. The highest BCUT2D eigenvalue weighted by molar-refractivity contribution is 7.23. The first-order chi connectivity index (χ1) is 10.5. The molecule has 2 aromatic heterocycles. The molecule has 0 radical (unpaired) electrons. The predicted molar refractivity (Wildman–Crippen MR) is 83.0 cm³/mol. The fourth-order valence-electron chi connectivity index (χ4n) is 1.70. The lowest BCUT2D eigenvalue weighted by Crippen LogP contribution is -2.10. The van der Waals surface area contributed by atoms with E-state index in [1.807, 2.05) is 0 Å². The molecule has 1 amide bonds. The van der Waals surface area contributed by atoms with E-state index in [0.29, 0.717) is 20.3 Å². The summed E-state index contributed by atoms with van der Waals surface area (Å²) in [6, 6.07) is 5.54. The van der Waals surface area contributed by atoms with Crippen LogP contribution in [0.4, 0.5) is 11.0 Å². The van der Waals surface area contributed by atoms with Crippen LogP contribution < -0.4 is 5.32 Å². The number of hydrogen-bond acceptors (Lipinski definition) is 6. The molecule has 7 nitrogen and oxygen atoms in total. The van der Waals surface area contributed by atoms with Gasteiger partial charge in [-0.1, -0.05) is 34.5 Å². The van der Waals surface area contributed by atoms with Crippen molar-refractivity contribution in [3.05, 3.63) is 50.2 Å². The standard InChI is InChI=1S/C12H5Cl2N3O4S/c13-5-1-2-6(14)10-9(5)15-12(22-10)16-11(18)7-3-4-8(21-7)17(19)20/h1-4H,(H,15,16,18). The van der Waals surface area contributed by atoms with E-state index in [-0.39, 0.29) is 10.9 Å². The largest absolute Gasteiger partial charge is 0.433 e. The van der Waals surface area contributed by atoms with Gasteiger partial charge in [0.05, 0.1) is 20.8 Å². The molecule has 0 saturated heterocycles. The Kier molecular flexibility index (Phi) is 3.73. The minimum atomic E-state index is -0.728. The van der Waals surface area contributed by atoms with Crippen LogP contribution in [0, 0.1) is 10.1 Å². The molecule has 3 rings (SSSR count). The predicted octanol–water partition coefficient (Wildman–Crippen LogP) is 4.36. The molecular weight excluding hydrogens is 353 g/mol. The molecule has 0 saturated carbocycles. The van der Waals surface area contributed by atoms with E-state index in [1.165, 1.54) is 6.07 Å². The Labute approximate surface area is 136 Å². The van der Waals surface area contributed by atoms with Crippen LogP contribution in [0.1, 0.15) is 10.6 Å². The van der Waals surface area contributed by atoms with Crippen LogP contribution in [0.25, 0.3) is 10.2 Å². The zero-order valence-electron chi connectivity index (χ0n) is 10.5.